The number of rotatable bonds is 5. The van der Waals surface area contributed by atoms with E-state index in [1.807, 2.05) is 26.0 Å². The monoisotopic (exact) mass is 353 g/mol. The van der Waals surface area contributed by atoms with E-state index in [-0.39, 0.29) is 17.7 Å². The highest BCUT2D eigenvalue weighted by Gasteiger charge is 2.25. The molecule has 0 saturated heterocycles. The van der Waals surface area contributed by atoms with Crippen LogP contribution in [0.4, 0.5) is 0 Å². The molecular weight excluding hydrogens is 330 g/mol. The molecule has 1 aromatic rings. The summed E-state index contributed by atoms with van der Waals surface area (Å²) < 4.78 is 5.11. The number of aryl methyl sites for hydroxylation is 2. The van der Waals surface area contributed by atoms with Gasteiger partial charge in [0.15, 0.2) is 0 Å². The zero-order chi connectivity index (χ0) is 18.7. The molecule has 6 heteroatoms. The Bertz CT molecular complexity index is 836. The Labute approximate surface area is 152 Å². The predicted molar refractivity (Wildman–Crippen MR) is 98.6 cm³/mol. The van der Waals surface area contributed by atoms with E-state index in [1.165, 1.54) is 0 Å². The Hall–Kier alpha value is -2.76. The van der Waals surface area contributed by atoms with Gasteiger partial charge in [-0.2, -0.15) is 0 Å². The minimum atomic E-state index is -0.202. The zero-order valence-electron chi connectivity index (χ0n) is 15.3. The number of hydrogen-bond acceptors (Lipinski definition) is 4. The van der Waals surface area contributed by atoms with Gasteiger partial charge in [0, 0.05) is 29.7 Å². The topological polar surface area (TPSA) is 84.6 Å². The van der Waals surface area contributed by atoms with Crippen molar-refractivity contribution in [3.05, 3.63) is 52.6 Å². The van der Waals surface area contributed by atoms with Gasteiger partial charge in [0.2, 0.25) is 11.8 Å². The number of amides is 2. The number of aliphatic imine (C=N–C) groups is 1. The molecule has 2 heterocycles. The van der Waals surface area contributed by atoms with E-state index < -0.39 is 0 Å². The molecule has 0 spiro atoms. The fourth-order valence-corrected chi connectivity index (χ4v) is 3.35. The summed E-state index contributed by atoms with van der Waals surface area (Å²) in [6, 6.07) is 0. The molecule has 0 radical (unpaired) electrons. The number of carbonyl (C=O) groups is 2. The van der Waals surface area contributed by atoms with Gasteiger partial charge in [-0.25, -0.2) is 4.99 Å². The number of aromatic nitrogens is 1. The SMILES string of the molecule is CCCC1=CC(=O)NC2=CC(=NC(=O)CCc3c(C)noc3C)C=CC12. The van der Waals surface area contributed by atoms with Gasteiger partial charge < -0.3 is 9.84 Å². The zero-order valence-corrected chi connectivity index (χ0v) is 15.3. The van der Waals surface area contributed by atoms with Gasteiger partial charge in [0.05, 0.1) is 11.4 Å². The molecule has 0 fully saturated rings. The van der Waals surface area contributed by atoms with E-state index in [0.717, 1.165) is 41.1 Å². The lowest BCUT2D eigenvalue weighted by molar-refractivity contribution is -0.118. The van der Waals surface area contributed by atoms with Gasteiger partial charge in [-0.05, 0) is 38.8 Å². The second-order valence-corrected chi connectivity index (χ2v) is 6.63. The number of fused-ring (bicyclic) bond motifs is 1. The van der Waals surface area contributed by atoms with E-state index in [1.54, 1.807) is 12.2 Å². The van der Waals surface area contributed by atoms with Crippen molar-refractivity contribution in [2.24, 2.45) is 10.9 Å². The lowest BCUT2D eigenvalue weighted by atomic mass is 9.85. The van der Waals surface area contributed by atoms with E-state index in [2.05, 4.69) is 22.4 Å². The molecule has 0 aromatic carbocycles. The third-order valence-corrected chi connectivity index (χ3v) is 4.64. The van der Waals surface area contributed by atoms with Gasteiger partial charge in [-0.1, -0.05) is 30.2 Å². The number of carbonyl (C=O) groups excluding carboxylic acids is 2. The molecule has 0 bridgehead atoms. The van der Waals surface area contributed by atoms with E-state index in [9.17, 15) is 9.59 Å². The van der Waals surface area contributed by atoms with Crippen LogP contribution in [0, 0.1) is 19.8 Å². The number of allylic oxidation sites excluding steroid dienone is 3. The average Bonchev–Trinajstić information content (AvgIpc) is 2.91. The largest absolute Gasteiger partial charge is 0.361 e. The van der Waals surface area contributed by atoms with Crippen LogP contribution in [0.5, 0.6) is 0 Å². The maximum Gasteiger partial charge on any atom is 0.248 e. The first-order chi connectivity index (χ1) is 12.5. The van der Waals surface area contributed by atoms with Gasteiger partial charge in [-0.3, -0.25) is 9.59 Å². The third kappa shape index (κ3) is 3.90. The van der Waals surface area contributed by atoms with E-state index in [0.29, 0.717) is 18.6 Å². The highest BCUT2D eigenvalue weighted by atomic mass is 16.5. The first-order valence-electron chi connectivity index (χ1n) is 8.92. The van der Waals surface area contributed by atoms with Crippen LogP contribution in [0.15, 0.2) is 45.1 Å². The molecule has 2 aliphatic rings. The van der Waals surface area contributed by atoms with Crippen LogP contribution in [0.1, 0.15) is 43.2 Å². The first-order valence-corrected chi connectivity index (χ1v) is 8.92. The molecular formula is C20H23N3O3. The summed E-state index contributed by atoms with van der Waals surface area (Å²) in [4.78, 5) is 28.3. The summed E-state index contributed by atoms with van der Waals surface area (Å²) in [5, 5.41) is 6.76. The summed E-state index contributed by atoms with van der Waals surface area (Å²) in [7, 11) is 0. The Balaban J connectivity index is 1.69. The van der Waals surface area contributed by atoms with Crippen LogP contribution in [-0.2, 0) is 16.0 Å². The lowest BCUT2D eigenvalue weighted by Gasteiger charge is -2.27. The Morgan fingerprint density at radius 2 is 2.12 bits per heavy atom. The molecule has 1 aromatic heterocycles. The Morgan fingerprint density at radius 3 is 2.81 bits per heavy atom. The summed E-state index contributed by atoms with van der Waals surface area (Å²) in [6.45, 7) is 5.80. The molecule has 0 saturated carbocycles. The van der Waals surface area contributed by atoms with Crippen LogP contribution < -0.4 is 5.32 Å². The smallest absolute Gasteiger partial charge is 0.248 e. The molecule has 1 atom stereocenters. The molecule has 1 unspecified atom stereocenters. The standard InChI is InChI=1S/C20H23N3O3/c1-4-5-14-10-20(25)22-18-11-15(6-7-17(14)18)21-19(24)9-8-16-12(2)23-26-13(16)3/h6-7,10-11,17H,4-5,8-9H2,1-3H3,(H,22,25). The maximum absolute atomic E-state index is 12.2. The molecule has 2 amide bonds. The first kappa shape index (κ1) is 18.0. The molecule has 3 rings (SSSR count). The van der Waals surface area contributed by atoms with E-state index >= 15 is 0 Å². The van der Waals surface area contributed by atoms with Crippen molar-refractivity contribution in [1.29, 1.82) is 0 Å². The molecule has 1 aliphatic carbocycles. The molecule has 1 aliphatic heterocycles. The van der Waals surface area contributed by atoms with Crippen LogP contribution in [0.25, 0.3) is 0 Å². The number of nitrogens with one attached hydrogen (secondary N) is 1. The highest BCUT2D eigenvalue weighted by molar-refractivity contribution is 6.11. The van der Waals surface area contributed by atoms with Crippen LogP contribution in [0.3, 0.4) is 0 Å². The minimum absolute atomic E-state index is 0.0732. The van der Waals surface area contributed by atoms with E-state index in [4.69, 9.17) is 4.52 Å². The van der Waals surface area contributed by atoms with Crippen molar-refractivity contribution in [3.63, 3.8) is 0 Å². The fraction of sp³-hybridized carbons (Fsp3) is 0.400. The Kier molecular flexibility index (Phi) is 5.30. The summed E-state index contributed by atoms with van der Waals surface area (Å²) in [5.41, 5.74) is 4.23. The molecule has 136 valence electrons. The number of hydrogen-bond donors (Lipinski definition) is 1. The normalized spacial score (nSPS) is 20.5. The van der Waals surface area contributed by atoms with Crippen LogP contribution in [-0.4, -0.2) is 22.7 Å². The molecule has 1 N–H and O–H groups in total. The maximum atomic E-state index is 12.2. The van der Waals surface area contributed by atoms with Crippen molar-refractivity contribution in [3.8, 4) is 0 Å². The van der Waals surface area contributed by atoms with Crippen molar-refractivity contribution >= 4 is 17.5 Å². The molecule has 26 heavy (non-hydrogen) atoms. The Morgan fingerprint density at radius 1 is 1.31 bits per heavy atom. The summed E-state index contributed by atoms with van der Waals surface area (Å²) >= 11 is 0. The van der Waals surface area contributed by atoms with Gasteiger partial charge >= 0.3 is 0 Å². The van der Waals surface area contributed by atoms with Crippen molar-refractivity contribution < 1.29 is 14.1 Å². The van der Waals surface area contributed by atoms with Crippen LogP contribution >= 0.6 is 0 Å². The molecule has 6 nitrogen and oxygen atoms in total. The van der Waals surface area contributed by atoms with Gasteiger partial charge in [0.1, 0.15) is 5.76 Å². The second-order valence-electron chi connectivity index (χ2n) is 6.63. The van der Waals surface area contributed by atoms with Crippen molar-refractivity contribution in [2.75, 3.05) is 0 Å². The minimum Gasteiger partial charge on any atom is -0.361 e. The van der Waals surface area contributed by atoms with Crippen LogP contribution in [0.2, 0.25) is 0 Å². The van der Waals surface area contributed by atoms with Gasteiger partial charge in [0.25, 0.3) is 0 Å². The number of nitrogens with zero attached hydrogens (tertiary/aromatic N) is 2. The highest BCUT2D eigenvalue weighted by Crippen LogP contribution is 2.29. The average molecular weight is 353 g/mol. The van der Waals surface area contributed by atoms with Crippen molar-refractivity contribution in [1.82, 2.24) is 10.5 Å². The second kappa shape index (κ2) is 7.64. The predicted octanol–water partition coefficient (Wildman–Crippen LogP) is 3.12. The third-order valence-electron chi connectivity index (χ3n) is 4.64. The quantitative estimate of drug-likeness (QED) is 0.881. The summed E-state index contributed by atoms with van der Waals surface area (Å²) in [5.74, 6) is 0.497. The fourth-order valence-electron chi connectivity index (χ4n) is 3.35. The van der Waals surface area contributed by atoms with Gasteiger partial charge in [-0.15, -0.1) is 0 Å². The lowest BCUT2D eigenvalue weighted by Crippen LogP contribution is -2.33. The van der Waals surface area contributed by atoms with Crippen molar-refractivity contribution in [2.45, 2.75) is 46.5 Å². The summed E-state index contributed by atoms with van der Waals surface area (Å²) in [6.07, 6.45) is 10.0.